The zero-order chi connectivity index (χ0) is 11.7. The molecule has 1 aromatic heterocycles. The summed E-state index contributed by atoms with van der Waals surface area (Å²) >= 11 is 1.81. The predicted octanol–water partition coefficient (Wildman–Crippen LogP) is 4.02. The van der Waals surface area contributed by atoms with Gasteiger partial charge in [-0.1, -0.05) is 6.07 Å². The molecule has 2 N–H and O–H groups in total. The van der Waals surface area contributed by atoms with Crippen LogP contribution in [0.2, 0.25) is 0 Å². The fraction of sp³-hybridized carbons (Fsp3) is 0.286. The molecule has 3 heteroatoms. The molecule has 1 heterocycles. The summed E-state index contributed by atoms with van der Waals surface area (Å²) in [5.41, 5.74) is 1.08. The Morgan fingerprint density at radius 1 is 1.18 bits per heavy atom. The molecule has 1 atom stereocenters. The van der Waals surface area contributed by atoms with Gasteiger partial charge >= 0.3 is 0 Å². The van der Waals surface area contributed by atoms with E-state index in [0.29, 0.717) is 11.8 Å². The van der Waals surface area contributed by atoms with Crippen LogP contribution in [0, 0.1) is 5.92 Å². The lowest BCUT2D eigenvalue weighted by Gasteiger charge is -2.18. The Morgan fingerprint density at radius 3 is 2.53 bits per heavy atom. The van der Waals surface area contributed by atoms with Crippen LogP contribution in [0.4, 0.5) is 5.69 Å². The van der Waals surface area contributed by atoms with Gasteiger partial charge in [-0.05, 0) is 54.5 Å². The summed E-state index contributed by atoms with van der Waals surface area (Å²) in [7, 11) is 0. The molecular formula is C14H15NOS. The average molecular weight is 245 g/mol. The van der Waals surface area contributed by atoms with Crippen LogP contribution in [0.15, 0.2) is 41.8 Å². The highest BCUT2D eigenvalue weighted by atomic mass is 32.1. The van der Waals surface area contributed by atoms with E-state index >= 15 is 0 Å². The molecule has 1 fully saturated rings. The number of benzene rings is 1. The normalized spacial score (nSPS) is 16.7. The molecule has 0 amide bonds. The van der Waals surface area contributed by atoms with E-state index in [2.05, 4.69) is 22.8 Å². The summed E-state index contributed by atoms with van der Waals surface area (Å²) in [5.74, 6) is 1.08. The van der Waals surface area contributed by atoms with Crippen LogP contribution in [0.25, 0.3) is 0 Å². The molecule has 1 aromatic carbocycles. The van der Waals surface area contributed by atoms with Crippen LogP contribution in [-0.4, -0.2) is 5.11 Å². The summed E-state index contributed by atoms with van der Waals surface area (Å²) in [6.45, 7) is 0. The van der Waals surface area contributed by atoms with Crippen LogP contribution in [0.3, 0.4) is 0 Å². The highest BCUT2D eigenvalue weighted by Crippen LogP contribution is 2.44. The Balaban J connectivity index is 1.79. The number of rotatable bonds is 4. The van der Waals surface area contributed by atoms with Crippen LogP contribution in [0.5, 0.6) is 5.75 Å². The third-order valence-corrected chi connectivity index (χ3v) is 4.09. The molecular weight excluding hydrogens is 230 g/mol. The molecule has 3 rings (SSSR count). The van der Waals surface area contributed by atoms with Crippen LogP contribution < -0.4 is 5.32 Å². The Labute approximate surface area is 105 Å². The molecule has 0 spiro atoms. The van der Waals surface area contributed by atoms with E-state index in [1.165, 1.54) is 17.7 Å². The van der Waals surface area contributed by atoms with Gasteiger partial charge in [0.2, 0.25) is 0 Å². The first kappa shape index (κ1) is 10.7. The number of hydrogen-bond donors (Lipinski definition) is 2. The van der Waals surface area contributed by atoms with Gasteiger partial charge in [0.05, 0.1) is 6.04 Å². The predicted molar refractivity (Wildman–Crippen MR) is 71.5 cm³/mol. The Morgan fingerprint density at radius 2 is 1.94 bits per heavy atom. The van der Waals surface area contributed by atoms with E-state index < -0.39 is 0 Å². The van der Waals surface area contributed by atoms with Crippen molar-refractivity contribution in [3.05, 3.63) is 46.7 Å². The number of anilines is 1. The van der Waals surface area contributed by atoms with Gasteiger partial charge in [0.25, 0.3) is 0 Å². The van der Waals surface area contributed by atoms with Crippen molar-refractivity contribution >= 4 is 17.0 Å². The number of phenolic OH excluding ortho intramolecular Hbond substituents is 1. The molecule has 1 unspecified atom stereocenters. The van der Waals surface area contributed by atoms with Gasteiger partial charge in [0.1, 0.15) is 5.75 Å². The van der Waals surface area contributed by atoms with Crippen molar-refractivity contribution < 1.29 is 5.11 Å². The SMILES string of the molecule is Oc1ccc(NC(c2cccs2)C2CC2)cc1. The molecule has 1 aliphatic carbocycles. The molecule has 0 bridgehead atoms. The fourth-order valence-corrected chi connectivity index (χ4v) is 2.93. The molecule has 17 heavy (non-hydrogen) atoms. The summed E-state index contributed by atoms with van der Waals surface area (Å²) < 4.78 is 0. The monoisotopic (exact) mass is 245 g/mol. The van der Waals surface area contributed by atoms with Gasteiger partial charge < -0.3 is 10.4 Å². The summed E-state index contributed by atoms with van der Waals surface area (Å²) in [4.78, 5) is 1.40. The van der Waals surface area contributed by atoms with Gasteiger partial charge in [-0.3, -0.25) is 0 Å². The highest BCUT2D eigenvalue weighted by molar-refractivity contribution is 7.10. The van der Waals surface area contributed by atoms with Crippen LogP contribution >= 0.6 is 11.3 Å². The van der Waals surface area contributed by atoms with Crippen molar-refractivity contribution in [1.82, 2.24) is 0 Å². The van der Waals surface area contributed by atoms with Crippen molar-refractivity contribution in [2.45, 2.75) is 18.9 Å². The Bertz CT molecular complexity index is 473. The highest BCUT2D eigenvalue weighted by Gasteiger charge is 2.32. The van der Waals surface area contributed by atoms with E-state index in [1.807, 2.05) is 23.5 Å². The van der Waals surface area contributed by atoms with Crippen molar-refractivity contribution in [2.75, 3.05) is 5.32 Å². The third-order valence-electron chi connectivity index (χ3n) is 3.13. The van der Waals surface area contributed by atoms with Gasteiger partial charge in [0, 0.05) is 10.6 Å². The molecule has 0 saturated heterocycles. The van der Waals surface area contributed by atoms with Crippen molar-refractivity contribution in [1.29, 1.82) is 0 Å². The summed E-state index contributed by atoms with van der Waals surface area (Å²) in [6, 6.07) is 12.0. The third kappa shape index (κ3) is 2.44. The first-order valence-electron chi connectivity index (χ1n) is 5.92. The van der Waals surface area contributed by atoms with Crippen LogP contribution in [-0.2, 0) is 0 Å². The fourth-order valence-electron chi connectivity index (χ4n) is 2.06. The molecule has 0 aliphatic heterocycles. The van der Waals surface area contributed by atoms with E-state index in [1.54, 1.807) is 12.1 Å². The first-order chi connectivity index (χ1) is 8.33. The quantitative estimate of drug-likeness (QED) is 0.797. The summed E-state index contributed by atoms with van der Waals surface area (Å²) in [5, 5.41) is 15.0. The van der Waals surface area contributed by atoms with Crippen molar-refractivity contribution in [3.8, 4) is 5.75 Å². The standard InChI is InChI=1S/C14H15NOS/c16-12-7-5-11(6-8-12)15-14(10-3-4-10)13-2-1-9-17-13/h1-2,5-10,14-16H,3-4H2. The lowest BCUT2D eigenvalue weighted by atomic mass is 10.1. The molecule has 1 saturated carbocycles. The maximum atomic E-state index is 9.27. The van der Waals surface area contributed by atoms with Gasteiger partial charge in [0.15, 0.2) is 0 Å². The van der Waals surface area contributed by atoms with Crippen LogP contribution in [0.1, 0.15) is 23.8 Å². The Kier molecular flexibility index (Phi) is 2.77. The number of thiophene rings is 1. The lowest BCUT2D eigenvalue weighted by molar-refractivity contribution is 0.475. The van der Waals surface area contributed by atoms with E-state index in [-0.39, 0.29) is 0 Å². The largest absolute Gasteiger partial charge is 0.508 e. The second-order valence-corrected chi connectivity index (χ2v) is 5.50. The van der Waals surface area contributed by atoms with Crippen molar-refractivity contribution in [3.63, 3.8) is 0 Å². The topological polar surface area (TPSA) is 32.3 Å². The lowest BCUT2D eigenvalue weighted by Crippen LogP contribution is -2.11. The van der Waals surface area contributed by atoms with Gasteiger partial charge in [-0.25, -0.2) is 0 Å². The van der Waals surface area contributed by atoms with Gasteiger partial charge in [-0.15, -0.1) is 11.3 Å². The van der Waals surface area contributed by atoms with Gasteiger partial charge in [-0.2, -0.15) is 0 Å². The minimum absolute atomic E-state index is 0.314. The number of aromatic hydroxyl groups is 1. The maximum Gasteiger partial charge on any atom is 0.115 e. The second kappa shape index (κ2) is 4.41. The van der Waals surface area contributed by atoms with E-state index in [9.17, 15) is 5.11 Å². The molecule has 1 aliphatic rings. The van der Waals surface area contributed by atoms with E-state index in [4.69, 9.17) is 0 Å². The minimum Gasteiger partial charge on any atom is -0.508 e. The minimum atomic E-state index is 0.314. The number of nitrogens with one attached hydrogen (secondary N) is 1. The second-order valence-electron chi connectivity index (χ2n) is 4.52. The number of hydrogen-bond acceptors (Lipinski definition) is 3. The molecule has 88 valence electrons. The zero-order valence-corrected chi connectivity index (χ0v) is 10.3. The molecule has 0 radical (unpaired) electrons. The van der Waals surface area contributed by atoms with E-state index in [0.717, 1.165) is 11.6 Å². The zero-order valence-electron chi connectivity index (χ0n) is 9.47. The average Bonchev–Trinajstić information content (AvgIpc) is 3.03. The first-order valence-corrected chi connectivity index (χ1v) is 6.80. The van der Waals surface area contributed by atoms with Crippen molar-refractivity contribution in [2.24, 2.45) is 5.92 Å². The molecule has 2 aromatic rings. The smallest absolute Gasteiger partial charge is 0.115 e. The summed E-state index contributed by atoms with van der Waals surface area (Å²) in [6.07, 6.45) is 2.63. The number of phenols is 1. The Hall–Kier alpha value is -1.48. The molecule has 2 nitrogen and oxygen atoms in total. The maximum absolute atomic E-state index is 9.27.